The molecule has 1 aromatic rings. The van der Waals surface area contributed by atoms with E-state index in [0.717, 1.165) is 6.20 Å². The maximum atomic E-state index is 12.8. The minimum Gasteiger partial charge on any atom is -0.388 e. The molecule has 2 rings (SSSR count). The van der Waals surface area contributed by atoms with Gasteiger partial charge >= 0.3 is 11.9 Å². The molecular weight excluding hydrogens is 319 g/mol. The van der Waals surface area contributed by atoms with Crippen molar-refractivity contribution in [3.63, 3.8) is 0 Å². The van der Waals surface area contributed by atoms with E-state index in [4.69, 9.17) is 5.73 Å². The molecule has 11 heteroatoms. The molecule has 1 aliphatic carbocycles. The third-order valence-electron chi connectivity index (χ3n) is 3.85. The van der Waals surface area contributed by atoms with Crippen molar-refractivity contribution in [2.75, 3.05) is 17.6 Å². The summed E-state index contributed by atoms with van der Waals surface area (Å²) in [5, 5.41) is 23.5. The van der Waals surface area contributed by atoms with Crippen LogP contribution in [0, 0.1) is 16.0 Å². The highest BCUT2D eigenvalue weighted by molar-refractivity contribution is 5.53. The lowest BCUT2D eigenvalue weighted by Gasteiger charge is -2.37. The molecular formula is C12H16F3N5O3. The monoisotopic (exact) mass is 335 g/mol. The first-order valence-electron chi connectivity index (χ1n) is 6.91. The molecule has 1 fully saturated rings. The van der Waals surface area contributed by atoms with E-state index in [1.165, 1.54) is 0 Å². The van der Waals surface area contributed by atoms with Gasteiger partial charge in [-0.1, -0.05) is 0 Å². The number of hydrogen-bond donors (Lipinski definition) is 3. The fraction of sp³-hybridized carbons (Fsp3) is 0.667. The van der Waals surface area contributed by atoms with Gasteiger partial charge in [-0.2, -0.15) is 18.2 Å². The highest BCUT2D eigenvalue weighted by Crippen LogP contribution is 2.41. The van der Waals surface area contributed by atoms with Crippen LogP contribution in [0.3, 0.4) is 0 Å². The smallest absolute Gasteiger partial charge is 0.388 e. The molecule has 2 atom stereocenters. The van der Waals surface area contributed by atoms with Crippen LogP contribution < -0.4 is 11.1 Å². The summed E-state index contributed by atoms with van der Waals surface area (Å²) in [5.41, 5.74) is 3.39. The number of nitrogens with two attached hydrogens (primary N) is 1. The van der Waals surface area contributed by atoms with Crippen LogP contribution in [0.5, 0.6) is 0 Å². The third-order valence-corrected chi connectivity index (χ3v) is 3.85. The number of nitro groups is 1. The molecule has 0 saturated heterocycles. The second kappa shape index (κ2) is 6.14. The molecule has 8 nitrogen and oxygen atoms in total. The van der Waals surface area contributed by atoms with Gasteiger partial charge in [0, 0.05) is 6.54 Å². The number of halogens is 3. The summed E-state index contributed by atoms with van der Waals surface area (Å²) in [6, 6.07) is 0. The van der Waals surface area contributed by atoms with E-state index in [2.05, 4.69) is 15.3 Å². The molecule has 0 amide bonds. The lowest BCUT2D eigenvalue weighted by Crippen LogP contribution is -2.45. The van der Waals surface area contributed by atoms with Crippen LogP contribution in [-0.2, 0) is 0 Å². The van der Waals surface area contributed by atoms with Gasteiger partial charge in [0.15, 0.2) is 0 Å². The average Bonchev–Trinajstić information content (AvgIpc) is 2.44. The Hall–Kier alpha value is -2.17. The quantitative estimate of drug-likeness (QED) is 0.566. The number of alkyl halides is 3. The first-order chi connectivity index (χ1) is 10.6. The van der Waals surface area contributed by atoms with Crippen LogP contribution in [0.1, 0.15) is 25.7 Å². The first kappa shape index (κ1) is 17.2. The van der Waals surface area contributed by atoms with Crippen LogP contribution in [-0.4, -0.2) is 38.3 Å². The Kier molecular flexibility index (Phi) is 4.59. The van der Waals surface area contributed by atoms with Gasteiger partial charge in [0.05, 0.1) is 16.4 Å². The topological polar surface area (TPSA) is 127 Å². The van der Waals surface area contributed by atoms with Gasteiger partial charge in [-0.3, -0.25) is 10.1 Å². The highest BCUT2D eigenvalue weighted by Gasteiger charge is 2.46. The van der Waals surface area contributed by atoms with Crippen LogP contribution >= 0.6 is 0 Å². The molecule has 128 valence electrons. The first-order valence-corrected chi connectivity index (χ1v) is 6.91. The predicted molar refractivity (Wildman–Crippen MR) is 74.6 cm³/mol. The molecule has 1 aliphatic rings. The molecule has 0 aliphatic heterocycles. The lowest BCUT2D eigenvalue weighted by molar-refractivity contribution is -0.384. The Morgan fingerprint density at radius 2 is 2.26 bits per heavy atom. The van der Waals surface area contributed by atoms with Gasteiger partial charge in [-0.25, -0.2) is 4.98 Å². The van der Waals surface area contributed by atoms with E-state index in [9.17, 15) is 28.4 Å². The van der Waals surface area contributed by atoms with Gasteiger partial charge in [0.2, 0.25) is 11.8 Å². The van der Waals surface area contributed by atoms with E-state index >= 15 is 0 Å². The lowest BCUT2D eigenvalue weighted by atomic mass is 9.77. The van der Waals surface area contributed by atoms with Gasteiger partial charge in [0.25, 0.3) is 0 Å². The molecule has 0 radical (unpaired) electrons. The van der Waals surface area contributed by atoms with Gasteiger partial charge < -0.3 is 16.2 Å². The summed E-state index contributed by atoms with van der Waals surface area (Å²) in [4.78, 5) is 17.2. The SMILES string of the molecule is Nc1nc(NCC2(O)CCCC(C(F)(F)F)C2)ncc1[N+](=O)[O-]. The predicted octanol–water partition coefficient (Wildman–Crippen LogP) is 1.86. The number of nitrogens with one attached hydrogen (secondary N) is 1. The number of nitrogens with zero attached hydrogens (tertiary/aromatic N) is 3. The standard InChI is InChI=1S/C12H16F3N5O3/c13-12(14,15)7-2-1-3-11(21,4-7)6-18-10-17-5-8(20(22)23)9(16)19-10/h5,7,21H,1-4,6H2,(H3,16,17,18,19). The van der Waals surface area contributed by atoms with Crippen LogP contribution in [0.4, 0.5) is 30.6 Å². The summed E-state index contributed by atoms with van der Waals surface area (Å²) in [5.74, 6) is -2.00. The molecule has 4 N–H and O–H groups in total. The number of aromatic nitrogens is 2. The second-order valence-electron chi connectivity index (χ2n) is 5.63. The number of hydrogen-bond acceptors (Lipinski definition) is 7. The summed E-state index contributed by atoms with van der Waals surface area (Å²) in [6.45, 7) is -0.198. The van der Waals surface area contributed by atoms with Crippen molar-refractivity contribution < 1.29 is 23.2 Å². The minimum atomic E-state index is -4.34. The molecule has 23 heavy (non-hydrogen) atoms. The van der Waals surface area contributed by atoms with E-state index in [1.54, 1.807) is 0 Å². The van der Waals surface area contributed by atoms with Gasteiger partial charge in [0.1, 0.15) is 6.20 Å². The summed E-state index contributed by atoms with van der Waals surface area (Å²) < 4.78 is 38.4. The average molecular weight is 335 g/mol. The Morgan fingerprint density at radius 3 is 2.83 bits per heavy atom. The zero-order valence-electron chi connectivity index (χ0n) is 12.0. The maximum absolute atomic E-state index is 12.8. The fourth-order valence-electron chi connectivity index (χ4n) is 2.64. The second-order valence-corrected chi connectivity index (χ2v) is 5.63. The zero-order chi connectivity index (χ0) is 17.3. The molecule has 2 unspecified atom stereocenters. The number of aliphatic hydroxyl groups is 1. The molecule has 0 aromatic carbocycles. The zero-order valence-corrected chi connectivity index (χ0v) is 12.0. The normalized spacial score (nSPS) is 25.1. The number of rotatable bonds is 4. The third kappa shape index (κ3) is 4.18. The van der Waals surface area contributed by atoms with Gasteiger partial charge in [-0.05, 0) is 25.7 Å². The number of nitrogen functional groups attached to an aromatic ring is 1. The van der Waals surface area contributed by atoms with E-state index in [1.807, 2.05) is 0 Å². The van der Waals surface area contributed by atoms with Crippen molar-refractivity contribution in [2.45, 2.75) is 37.5 Å². The van der Waals surface area contributed by atoms with E-state index < -0.39 is 34.7 Å². The Balaban J connectivity index is 2.02. The van der Waals surface area contributed by atoms with Gasteiger partial charge in [-0.15, -0.1) is 0 Å². The van der Waals surface area contributed by atoms with Crippen molar-refractivity contribution in [3.05, 3.63) is 16.3 Å². The van der Waals surface area contributed by atoms with Crippen molar-refractivity contribution in [1.29, 1.82) is 0 Å². The number of anilines is 2. The minimum absolute atomic E-state index is 0.00715. The Labute approximate surface area is 129 Å². The van der Waals surface area contributed by atoms with Crippen LogP contribution in [0.2, 0.25) is 0 Å². The maximum Gasteiger partial charge on any atom is 0.391 e. The molecule has 1 saturated carbocycles. The van der Waals surface area contributed by atoms with Crippen molar-refractivity contribution in [2.24, 2.45) is 5.92 Å². The summed E-state index contributed by atoms with van der Waals surface area (Å²) >= 11 is 0. The summed E-state index contributed by atoms with van der Waals surface area (Å²) in [7, 11) is 0. The Bertz CT molecular complexity index is 598. The van der Waals surface area contributed by atoms with Crippen molar-refractivity contribution in [3.8, 4) is 0 Å². The largest absolute Gasteiger partial charge is 0.391 e. The van der Waals surface area contributed by atoms with E-state index in [0.29, 0.717) is 0 Å². The van der Waals surface area contributed by atoms with Crippen LogP contribution in [0.15, 0.2) is 6.20 Å². The van der Waals surface area contributed by atoms with Crippen molar-refractivity contribution >= 4 is 17.5 Å². The molecule has 0 bridgehead atoms. The van der Waals surface area contributed by atoms with Crippen LogP contribution in [0.25, 0.3) is 0 Å². The molecule has 0 spiro atoms. The fourth-order valence-corrected chi connectivity index (χ4v) is 2.64. The van der Waals surface area contributed by atoms with Crippen molar-refractivity contribution in [1.82, 2.24) is 9.97 Å². The molecule has 1 aromatic heterocycles. The Morgan fingerprint density at radius 1 is 1.57 bits per heavy atom. The summed E-state index contributed by atoms with van der Waals surface area (Å²) in [6.07, 6.45) is -3.39. The molecule has 1 heterocycles. The van der Waals surface area contributed by atoms with E-state index in [-0.39, 0.29) is 37.6 Å². The highest BCUT2D eigenvalue weighted by atomic mass is 19.4.